The van der Waals surface area contributed by atoms with Crippen molar-refractivity contribution in [1.82, 2.24) is 10.1 Å². The standard InChI is InChI=1S/C18H14BrFN2O2/c1-22(11-13-9-14(19)7-8-15(13)20)18(23)17-10-16(21-24-17)12-5-3-2-4-6-12/h2-10H,11H2,1H3. The Morgan fingerprint density at radius 3 is 2.71 bits per heavy atom. The van der Waals surface area contributed by atoms with E-state index in [1.807, 2.05) is 30.3 Å². The number of carbonyl (C=O) groups excluding carboxylic acids is 1. The minimum atomic E-state index is -0.361. The smallest absolute Gasteiger partial charge is 0.292 e. The van der Waals surface area contributed by atoms with Gasteiger partial charge in [-0.2, -0.15) is 0 Å². The average molecular weight is 389 g/mol. The van der Waals surface area contributed by atoms with Gasteiger partial charge in [0.25, 0.3) is 5.91 Å². The maximum Gasteiger partial charge on any atom is 0.292 e. The van der Waals surface area contributed by atoms with Crippen molar-refractivity contribution < 1.29 is 13.7 Å². The first-order valence-electron chi connectivity index (χ1n) is 7.26. The first kappa shape index (κ1) is 16.4. The van der Waals surface area contributed by atoms with Gasteiger partial charge in [-0.25, -0.2) is 4.39 Å². The van der Waals surface area contributed by atoms with E-state index >= 15 is 0 Å². The molecule has 0 saturated heterocycles. The fourth-order valence-electron chi connectivity index (χ4n) is 2.30. The van der Waals surface area contributed by atoms with Gasteiger partial charge in [-0.05, 0) is 18.2 Å². The Bertz CT molecular complexity index is 864. The third-order valence-electron chi connectivity index (χ3n) is 3.55. The summed E-state index contributed by atoms with van der Waals surface area (Å²) in [6, 6.07) is 15.6. The van der Waals surface area contributed by atoms with Crippen LogP contribution in [0.1, 0.15) is 16.1 Å². The molecule has 0 aliphatic carbocycles. The molecule has 3 rings (SSSR count). The van der Waals surface area contributed by atoms with E-state index in [-0.39, 0.29) is 24.0 Å². The van der Waals surface area contributed by atoms with Crippen LogP contribution in [-0.2, 0) is 6.54 Å². The van der Waals surface area contributed by atoms with Crippen LogP contribution < -0.4 is 0 Å². The van der Waals surface area contributed by atoms with Crippen LogP contribution in [0.25, 0.3) is 11.3 Å². The zero-order valence-corrected chi connectivity index (χ0v) is 14.5. The van der Waals surface area contributed by atoms with Gasteiger partial charge in [-0.1, -0.05) is 51.4 Å². The van der Waals surface area contributed by atoms with Crippen molar-refractivity contribution >= 4 is 21.8 Å². The molecule has 0 saturated carbocycles. The summed E-state index contributed by atoms with van der Waals surface area (Å²) in [5.74, 6) is -0.601. The molecule has 122 valence electrons. The topological polar surface area (TPSA) is 46.3 Å². The summed E-state index contributed by atoms with van der Waals surface area (Å²) in [5, 5.41) is 3.92. The summed E-state index contributed by atoms with van der Waals surface area (Å²) < 4.78 is 19.7. The molecule has 2 aromatic carbocycles. The lowest BCUT2D eigenvalue weighted by molar-refractivity contribution is 0.0742. The molecule has 0 spiro atoms. The number of amides is 1. The number of rotatable bonds is 4. The van der Waals surface area contributed by atoms with Crippen LogP contribution >= 0.6 is 15.9 Å². The summed E-state index contributed by atoms with van der Waals surface area (Å²) >= 11 is 3.30. The first-order chi connectivity index (χ1) is 11.5. The van der Waals surface area contributed by atoms with Gasteiger partial charge in [-0.15, -0.1) is 0 Å². The lowest BCUT2D eigenvalue weighted by atomic mass is 10.1. The molecule has 24 heavy (non-hydrogen) atoms. The van der Waals surface area contributed by atoms with E-state index in [1.54, 1.807) is 25.2 Å². The minimum absolute atomic E-state index is 0.117. The highest BCUT2D eigenvalue weighted by molar-refractivity contribution is 9.10. The van der Waals surface area contributed by atoms with Crippen molar-refractivity contribution in [2.45, 2.75) is 6.54 Å². The number of nitrogens with zero attached hydrogens (tertiary/aromatic N) is 2. The molecule has 0 atom stereocenters. The molecule has 6 heteroatoms. The minimum Gasteiger partial charge on any atom is -0.350 e. The number of hydrogen-bond acceptors (Lipinski definition) is 3. The van der Waals surface area contributed by atoms with Crippen LogP contribution in [-0.4, -0.2) is 23.0 Å². The molecule has 1 aromatic heterocycles. The van der Waals surface area contributed by atoms with Crippen LogP contribution in [0.15, 0.2) is 63.6 Å². The highest BCUT2D eigenvalue weighted by Crippen LogP contribution is 2.21. The second kappa shape index (κ2) is 6.97. The predicted molar refractivity (Wildman–Crippen MR) is 91.8 cm³/mol. The Labute approximate surface area is 147 Å². The van der Waals surface area contributed by atoms with E-state index in [0.29, 0.717) is 11.3 Å². The summed E-state index contributed by atoms with van der Waals surface area (Å²) in [5.41, 5.74) is 1.87. The summed E-state index contributed by atoms with van der Waals surface area (Å²) in [7, 11) is 1.59. The molecule has 0 bridgehead atoms. The maximum atomic E-state index is 13.8. The van der Waals surface area contributed by atoms with Crippen molar-refractivity contribution in [2.75, 3.05) is 7.05 Å². The van der Waals surface area contributed by atoms with E-state index in [2.05, 4.69) is 21.1 Å². The zero-order chi connectivity index (χ0) is 17.1. The normalized spacial score (nSPS) is 10.6. The van der Waals surface area contributed by atoms with E-state index < -0.39 is 0 Å². The summed E-state index contributed by atoms with van der Waals surface area (Å²) in [6.45, 7) is 0.130. The van der Waals surface area contributed by atoms with E-state index in [1.165, 1.54) is 11.0 Å². The molecular weight excluding hydrogens is 375 g/mol. The van der Waals surface area contributed by atoms with Crippen molar-refractivity contribution in [1.29, 1.82) is 0 Å². The van der Waals surface area contributed by atoms with E-state index in [9.17, 15) is 9.18 Å². The van der Waals surface area contributed by atoms with E-state index in [0.717, 1.165) is 10.0 Å². The Balaban J connectivity index is 1.77. The molecule has 0 radical (unpaired) electrons. The van der Waals surface area contributed by atoms with Crippen molar-refractivity contribution in [2.24, 2.45) is 0 Å². The van der Waals surface area contributed by atoms with Crippen LogP contribution in [0.3, 0.4) is 0 Å². The van der Waals surface area contributed by atoms with Gasteiger partial charge in [-0.3, -0.25) is 4.79 Å². The van der Waals surface area contributed by atoms with Gasteiger partial charge < -0.3 is 9.42 Å². The Morgan fingerprint density at radius 1 is 1.21 bits per heavy atom. The average Bonchev–Trinajstić information content (AvgIpc) is 3.08. The lowest BCUT2D eigenvalue weighted by Crippen LogP contribution is -2.26. The summed E-state index contributed by atoms with van der Waals surface area (Å²) in [6.07, 6.45) is 0. The number of halogens is 2. The van der Waals surface area contributed by atoms with Crippen molar-refractivity contribution in [3.8, 4) is 11.3 Å². The van der Waals surface area contributed by atoms with Crippen LogP contribution in [0.2, 0.25) is 0 Å². The fraction of sp³-hybridized carbons (Fsp3) is 0.111. The Hall–Kier alpha value is -2.47. The molecule has 0 N–H and O–H groups in total. The number of benzene rings is 2. The van der Waals surface area contributed by atoms with Gasteiger partial charge in [0, 0.05) is 35.3 Å². The Kier molecular flexibility index (Phi) is 4.76. The van der Waals surface area contributed by atoms with Crippen LogP contribution in [0.5, 0.6) is 0 Å². The maximum absolute atomic E-state index is 13.8. The number of carbonyl (C=O) groups is 1. The van der Waals surface area contributed by atoms with Crippen molar-refractivity contribution in [3.05, 3.63) is 76.2 Å². The van der Waals surface area contributed by atoms with Gasteiger partial charge in [0.2, 0.25) is 5.76 Å². The first-order valence-corrected chi connectivity index (χ1v) is 8.05. The second-order valence-corrected chi connectivity index (χ2v) is 6.26. The predicted octanol–water partition coefficient (Wildman–Crippen LogP) is 4.52. The molecule has 0 fully saturated rings. The molecule has 0 unspecified atom stereocenters. The van der Waals surface area contributed by atoms with Crippen LogP contribution in [0.4, 0.5) is 4.39 Å². The van der Waals surface area contributed by atoms with Crippen molar-refractivity contribution in [3.63, 3.8) is 0 Å². The molecule has 0 aliphatic rings. The molecule has 4 nitrogen and oxygen atoms in total. The molecular formula is C18H14BrFN2O2. The Morgan fingerprint density at radius 2 is 1.96 bits per heavy atom. The molecule has 3 aromatic rings. The van der Waals surface area contributed by atoms with Crippen LogP contribution in [0, 0.1) is 5.82 Å². The second-order valence-electron chi connectivity index (χ2n) is 5.34. The lowest BCUT2D eigenvalue weighted by Gasteiger charge is -2.16. The van der Waals surface area contributed by atoms with E-state index in [4.69, 9.17) is 4.52 Å². The SMILES string of the molecule is CN(Cc1cc(Br)ccc1F)C(=O)c1cc(-c2ccccc2)no1. The monoisotopic (exact) mass is 388 g/mol. The quantitative estimate of drug-likeness (QED) is 0.660. The van der Waals surface area contributed by atoms with Gasteiger partial charge >= 0.3 is 0 Å². The van der Waals surface area contributed by atoms with Gasteiger partial charge in [0.1, 0.15) is 11.5 Å². The highest BCUT2D eigenvalue weighted by Gasteiger charge is 2.19. The molecule has 1 heterocycles. The number of aromatic nitrogens is 1. The third-order valence-corrected chi connectivity index (χ3v) is 4.05. The third kappa shape index (κ3) is 3.54. The highest BCUT2D eigenvalue weighted by atomic mass is 79.9. The number of hydrogen-bond donors (Lipinski definition) is 0. The fourth-order valence-corrected chi connectivity index (χ4v) is 2.71. The summed E-state index contributed by atoms with van der Waals surface area (Å²) in [4.78, 5) is 13.8. The van der Waals surface area contributed by atoms with Gasteiger partial charge in [0.15, 0.2) is 0 Å². The molecule has 0 aliphatic heterocycles. The molecule has 1 amide bonds. The largest absolute Gasteiger partial charge is 0.350 e. The zero-order valence-electron chi connectivity index (χ0n) is 12.9. The van der Waals surface area contributed by atoms with Gasteiger partial charge in [0.05, 0.1) is 0 Å².